The highest BCUT2D eigenvalue weighted by molar-refractivity contribution is 7.07. The van der Waals surface area contributed by atoms with Crippen LogP contribution in [0, 0.1) is 5.92 Å². The number of halogens is 1. The Hall–Kier alpha value is -1.33. The Balaban J connectivity index is 1.69. The zero-order valence-electron chi connectivity index (χ0n) is 11.0. The fourth-order valence-corrected chi connectivity index (χ4v) is 2.96. The van der Waals surface area contributed by atoms with Crippen molar-refractivity contribution < 1.29 is 0 Å². The molecule has 1 saturated carbocycles. The van der Waals surface area contributed by atoms with E-state index in [0.717, 1.165) is 6.42 Å². The summed E-state index contributed by atoms with van der Waals surface area (Å²) in [6, 6.07) is 2.09. The molecule has 1 N–H and O–H groups in total. The van der Waals surface area contributed by atoms with Gasteiger partial charge in [0.05, 0.1) is 11.2 Å². The summed E-state index contributed by atoms with van der Waals surface area (Å²) in [5.74, 6) is 0.611. The molecule has 0 bridgehead atoms. The van der Waals surface area contributed by atoms with E-state index in [4.69, 9.17) is 11.6 Å². The Morgan fingerprint density at radius 1 is 1.50 bits per heavy atom. The van der Waals surface area contributed by atoms with Crippen LogP contribution in [0.2, 0.25) is 5.02 Å². The predicted molar refractivity (Wildman–Crippen MR) is 82.7 cm³/mol. The highest BCUT2D eigenvalue weighted by Gasteiger charge is 2.23. The SMILES string of the molecule is O=c1c(NCCc2ccsc2)c(Cl)cnn1CC1CC1. The van der Waals surface area contributed by atoms with Gasteiger partial charge < -0.3 is 5.32 Å². The predicted octanol–water partition coefficient (Wildman–Crippen LogP) is 3.02. The molecule has 0 atom stereocenters. The molecule has 1 aliphatic carbocycles. The average molecular weight is 310 g/mol. The van der Waals surface area contributed by atoms with Crippen LogP contribution in [0.1, 0.15) is 18.4 Å². The molecular formula is C14H16ClN3OS. The van der Waals surface area contributed by atoms with Crippen molar-refractivity contribution >= 4 is 28.6 Å². The van der Waals surface area contributed by atoms with E-state index in [0.29, 0.717) is 29.7 Å². The molecule has 2 aromatic rings. The van der Waals surface area contributed by atoms with Gasteiger partial charge in [-0.15, -0.1) is 0 Å². The van der Waals surface area contributed by atoms with Gasteiger partial charge in [-0.3, -0.25) is 4.79 Å². The Kier molecular flexibility index (Phi) is 4.08. The van der Waals surface area contributed by atoms with Crippen molar-refractivity contribution in [2.24, 2.45) is 5.92 Å². The number of anilines is 1. The molecule has 1 aliphatic rings. The second kappa shape index (κ2) is 5.97. The summed E-state index contributed by atoms with van der Waals surface area (Å²) < 4.78 is 1.52. The van der Waals surface area contributed by atoms with Crippen LogP contribution in [0.3, 0.4) is 0 Å². The van der Waals surface area contributed by atoms with Crippen molar-refractivity contribution in [1.82, 2.24) is 9.78 Å². The molecule has 4 nitrogen and oxygen atoms in total. The maximum atomic E-state index is 12.3. The summed E-state index contributed by atoms with van der Waals surface area (Å²) in [6.07, 6.45) is 4.82. The van der Waals surface area contributed by atoms with Crippen LogP contribution in [0.5, 0.6) is 0 Å². The van der Waals surface area contributed by atoms with E-state index in [1.807, 2.05) is 0 Å². The molecule has 0 saturated heterocycles. The first-order valence-corrected chi connectivity index (χ1v) is 8.06. The van der Waals surface area contributed by atoms with Crippen molar-refractivity contribution in [2.75, 3.05) is 11.9 Å². The standard InChI is InChI=1S/C14H16ClN3OS/c15-12-7-17-18(8-10-1-2-10)14(19)13(12)16-5-3-11-4-6-20-9-11/h4,6-7,9-10,16H,1-3,5,8H2. The number of nitrogens with zero attached hydrogens (tertiary/aromatic N) is 2. The van der Waals surface area contributed by atoms with Crippen LogP contribution in [0.25, 0.3) is 0 Å². The van der Waals surface area contributed by atoms with E-state index in [-0.39, 0.29) is 5.56 Å². The van der Waals surface area contributed by atoms with Crippen molar-refractivity contribution in [2.45, 2.75) is 25.8 Å². The lowest BCUT2D eigenvalue weighted by Gasteiger charge is -2.10. The fraction of sp³-hybridized carbons (Fsp3) is 0.429. The Morgan fingerprint density at radius 2 is 2.35 bits per heavy atom. The molecule has 20 heavy (non-hydrogen) atoms. The lowest BCUT2D eigenvalue weighted by molar-refractivity contribution is 0.534. The van der Waals surface area contributed by atoms with Gasteiger partial charge in [0.2, 0.25) is 0 Å². The lowest BCUT2D eigenvalue weighted by atomic mass is 10.2. The van der Waals surface area contributed by atoms with Crippen molar-refractivity contribution in [1.29, 1.82) is 0 Å². The smallest absolute Gasteiger partial charge is 0.291 e. The van der Waals surface area contributed by atoms with Gasteiger partial charge in [0, 0.05) is 13.1 Å². The summed E-state index contributed by atoms with van der Waals surface area (Å²) in [6.45, 7) is 1.40. The second-order valence-electron chi connectivity index (χ2n) is 5.11. The molecule has 6 heteroatoms. The fourth-order valence-electron chi connectivity index (χ4n) is 2.07. The van der Waals surface area contributed by atoms with E-state index in [1.165, 1.54) is 23.1 Å². The van der Waals surface area contributed by atoms with E-state index in [9.17, 15) is 4.79 Å². The molecule has 0 amide bonds. The largest absolute Gasteiger partial charge is 0.379 e. The number of aromatic nitrogens is 2. The number of hydrogen-bond donors (Lipinski definition) is 1. The van der Waals surface area contributed by atoms with Gasteiger partial charge >= 0.3 is 0 Å². The van der Waals surface area contributed by atoms with E-state index in [2.05, 4.69) is 27.2 Å². The molecule has 0 spiro atoms. The molecule has 2 aromatic heterocycles. The minimum Gasteiger partial charge on any atom is -0.379 e. The van der Waals surface area contributed by atoms with Crippen LogP contribution in [-0.4, -0.2) is 16.3 Å². The van der Waals surface area contributed by atoms with E-state index < -0.39 is 0 Å². The third kappa shape index (κ3) is 3.22. The Morgan fingerprint density at radius 3 is 3.05 bits per heavy atom. The molecule has 0 aromatic carbocycles. The number of rotatable bonds is 6. The maximum Gasteiger partial charge on any atom is 0.291 e. The Labute approximate surface area is 126 Å². The normalized spacial score (nSPS) is 14.4. The minimum absolute atomic E-state index is 0.116. The average Bonchev–Trinajstić information content (AvgIpc) is 3.10. The molecule has 1 fully saturated rings. The number of thiophene rings is 1. The summed E-state index contributed by atoms with van der Waals surface area (Å²) >= 11 is 7.76. The van der Waals surface area contributed by atoms with Gasteiger partial charge in [-0.05, 0) is 47.6 Å². The lowest BCUT2D eigenvalue weighted by Crippen LogP contribution is -2.27. The first-order valence-electron chi connectivity index (χ1n) is 6.74. The zero-order valence-corrected chi connectivity index (χ0v) is 12.6. The van der Waals surface area contributed by atoms with E-state index >= 15 is 0 Å². The summed E-state index contributed by atoms with van der Waals surface area (Å²) in [4.78, 5) is 12.3. The van der Waals surface area contributed by atoms with Gasteiger partial charge in [-0.2, -0.15) is 16.4 Å². The van der Waals surface area contributed by atoms with Crippen LogP contribution in [-0.2, 0) is 13.0 Å². The van der Waals surface area contributed by atoms with Gasteiger partial charge in [0.1, 0.15) is 5.69 Å². The monoisotopic (exact) mass is 309 g/mol. The van der Waals surface area contributed by atoms with Crippen LogP contribution in [0.15, 0.2) is 27.8 Å². The van der Waals surface area contributed by atoms with Crippen LogP contribution >= 0.6 is 22.9 Å². The second-order valence-corrected chi connectivity index (χ2v) is 6.29. The molecular weight excluding hydrogens is 294 g/mol. The third-order valence-electron chi connectivity index (χ3n) is 3.42. The summed E-state index contributed by atoms with van der Waals surface area (Å²) in [5, 5.41) is 11.8. The highest BCUT2D eigenvalue weighted by Crippen LogP contribution is 2.30. The third-order valence-corrected chi connectivity index (χ3v) is 4.44. The first-order chi connectivity index (χ1) is 9.74. The highest BCUT2D eigenvalue weighted by atomic mass is 35.5. The van der Waals surface area contributed by atoms with E-state index in [1.54, 1.807) is 17.5 Å². The van der Waals surface area contributed by atoms with Gasteiger partial charge in [-0.1, -0.05) is 11.6 Å². The van der Waals surface area contributed by atoms with Gasteiger partial charge in [-0.25, -0.2) is 4.68 Å². The minimum atomic E-state index is -0.116. The maximum absolute atomic E-state index is 12.3. The van der Waals surface area contributed by atoms with Gasteiger partial charge in [0.25, 0.3) is 5.56 Å². The summed E-state index contributed by atoms with van der Waals surface area (Å²) in [5.41, 5.74) is 1.62. The molecule has 0 radical (unpaired) electrons. The van der Waals surface area contributed by atoms with Crippen molar-refractivity contribution in [3.8, 4) is 0 Å². The summed E-state index contributed by atoms with van der Waals surface area (Å²) in [7, 11) is 0. The molecule has 106 valence electrons. The number of nitrogens with one attached hydrogen (secondary N) is 1. The molecule has 2 heterocycles. The van der Waals surface area contributed by atoms with Gasteiger partial charge in [0.15, 0.2) is 0 Å². The zero-order chi connectivity index (χ0) is 13.9. The number of hydrogen-bond acceptors (Lipinski definition) is 4. The molecule has 3 rings (SSSR count). The quantitative estimate of drug-likeness (QED) is 0.892. The van der Waals surface area contributed by atoms with Crippen molar-refractivity contribution in [3.63, 3.8) is 0 Å². The van der Waals surface area contributed by atoms with Crippen LogP contribution in [0.4, 0.5) is 5.69 Å². The topological polar surface area (TPSA) is 46.9 Å². The molecule has 0 unspecified atom stereocenters. The molecule has 0 aliphatic heterocycles. The Bertz CT molecular complexity index is 634. The van der Waals surface area contributed by atoms with Crippen LogP contribution < -0.4 is 10.9 Å². The first kappa shape index (κ1) is 13.6. The van der Waals surface area contributed by atoms with Crippen molar-refractivity contribution in [3.05, 3.63) is 44.0 Å².